The summed E-state index contributed by atoms with van der Waals surface area (Å²) >= 11 is 0. The second kappa shape index (κ2) is 3.40. The molecule has 58 valence electrons. The van der Waals surface area contributed by atoms with E-state index in [1.54, 1.807) is 0 Å². The van der Waals surface area contributed by atoms with Crippen LogP contribution in [0.4, 0.5) is 0 Å². The molecule has 0 aromatic carbocycles. The van der Waals surface area contributed by atoms with Crippen LogP contribution in [0, 0.1) is 5.41 Å². The third-order valence-corrected chi connectivity index (χ3v) is 1.28. The van der Waals surface area contributed by atoms with Gasteiger partial charge in [-0.15, -0.1) is 0 Å². The molecule has 0 aliphatic heterocycles. The van der Waals surface area contributed by atoms with E-state index in [-0.39, 0.29) is 0 Å². The molecule has 0 aliphatic rings. The number of nitrogens with zero attached hydrogens (tertiary/aromatic N) is 1. The predicted molar refractivity (Wildman–Crippen MR) is 45.5 cm³/mol. The van der Waals surface area contributed by atoms with Gasteiger partial charge in [0.05, 0.1) is 11.4 Å². The fourth-order valence-electron chi connectivity index (χ4n) is 1.16. The fourth-order valence-corrected chi connectivity index (χ4v) is 1.16. The van der Waals surface area contributed by atoms with Crippen molar-refractivity contribution in [3.05, 3.63) is 11.3 Å². The van der Waals surface area contributed by atoms with E-state index in [0.717, 1.165) is 5.70 Å². The van der Waals surface area contributed by atoms with Gasteiger partial charge in [0.15, 0.2) is 0 Å². The van der Waals surface area contributed by atoms with Crippen molar-refractivity contribution in [3.63, 3.8) is 0 Å². The normalized spacial score (nSPS) is 8.90. The first-order valence-electron chi connectivity index (χ1n) is 3.37. The van der Waals surface area contributed by atoms with Gasteiger partial charge >= 0.3 is 0 Å². The molecule has 2 heteroatoms. The Bertz CT molecular complexity index is 162. The zero-order chi connectivity index (χ0) is 8.31. The van der Waals surface area contributed by atoms with Gasteiger partial charge in [-0.3, -0.25) is 0 Å². The van der Waals surface area contributed by atoms with Crippen molar-refractivity contribution in [2.45, 2.75) is 20.8 Å². The van der Waals surface area contributed by atoms with Crippen LogP contribution in [0.1, 0.15) is 20.8 Å². The number of hydrogen-bond donors (Lipinski definition) is 1. The van der Waals surface area contributed by atoms with Gasteiger partial charge in [0.1, 0.15) is 0 Å². The van der Waals surface area contributed by atoms with Gasteiger partial charge in [0.2, 0.25) is 0 Å². The van der Waals surface area contributed by atoms with E-state index in [0.29, 0.717) is 5.71 Å². The molecule has 1 N–H and O–H groups in total. The van der Waals surface area contributed by atoms with Crippen LogP contribution in [0.5, 0.6) is 0 Å². The maximum atomic E-state index is 7.41. The van der Waals surface area contributed by atoms with E-state index in [2.05, 4.69) is 0 Å². The molecule has 0 saturated carbocycles. The Morgan fingerprint density at radius 2 is 1.50 bits per heavy atom. The van der Waals surface area contributed by atoms with Crippen molar-refractivity contribution < 1.29 is 0 Å². The first-order chi connectivity index (χ1) is 4.46. The molecule has 0 aliphatic carbocycles. The number of nitrogens with one attached hydrogen (secondary N) is 1. The number of allylic oxidation sites excluding steroid dienone is 2. The van der Waals surface area contributed by atoms with E-state index in [9.17, 15) is 0 Å². The maximum absolute atomic E-state index is 7.41. The lowest BCUT2D eigenvalue weighted by atomic mass is 10.2. The Labute approximate surface area is 63.0 Å². The first kappa shape index (κ1) is 9.21. The molecule has 0 radical (unpaired) electrons. The molecule has 0 atom stereocenters. The summed E-state index contributed by atoms with van der Waals surface area (Å²) in [7, 11) is 3.92. The molecule has 0 aromatic rings. The number of rotatable bonds is 2. The van der Waals surface area contributed by atoms with E-state index >= 15 is 0 Å². The molecule has 0 amide bonds. The Hall–Kier alpha value is -0.790. The Morgan fingerprint density at radius 3 is 1.50 bits per heavy atom. The highest BCUT2D eigenvalue weighted by atomic mass is 15.1. The molecule has 0 rings (SSSR count). The summed E-state index contributed by atoms with van der Waals surface area (Å²) in [5, 5.41) is 7.41. The molecule has 0 unspecified atom stereocenters. The second-order valence-corrected chi connectivity index (χ2v) is 2.87. The molecule has 0 bridgehead atoms. The van der Waals surface area contributed by atoms with Crippen molar-refractivity contribution >= 4 is 5.71 Å². The number of hydrogen-bond acceptors (Lipinski definition) is 2. The summed E-state index contributed by atoms with van der Waals surface area (Å²) in [6.45, 7) is 5.85. The van der Waals surface area contributed by atoms with Crippen molar-refractivity contribution in [2.24, 2.45) is 0 Å². The molecule has 0 saturated heterocycles. The zero-order valence-electron chi connectivity index (χ0n) is 7.45. The SMILES string of the molecule is CC(=N)C(=C(C)C)N(C)C. The van der Waals surface area contributed by atoms with E-state index in [4.69, 9.17) is 5.41 Å². The molecular formula is C8H16N2. The lowest BCUT2D eigenvalue weighted by Crippen LogP contribution is -2.17. The molecule has 2 nitrogen and oxygen atoms in total. The largest absolute Gasteiger partial charge is 0.376 e. The van der Waals surface area contributed by atoms with Crippen LogP contribution in [-0.2, 0) is 0 Å². The lowest BCUT2D eigenvalue weighted by molar-refractivity contribution is 0.531. The monoisotopic (exact) mass is 140 g/mol. The Kier molecular flexibility index (Phi) is 3.13. The van der Waals surface area contributed by atoms with Gasteiger partial charge in [-0.25, -0.2) is 0 Å². The minimum atomic E-state index is 0.630. The smallest absolute Gasteiger partial charge is 0.0555 e. The van der Waals surface area contributed by atoms with E-state index in [1.165, 1.54) is 5.57 Å². The topological polar surface area (TPSA) is 27.1 Å². The second-order valence-electron chi connectivity index (χ2n) is 2.87. The highest BCUT2D eigenvalue weighted by Crippen LogP contribution is 2.06. The molecule has 0 heterocycles. The van der Waals surface area contributed by atoms with E-state index in [1.807, 2.05) is 39.8 Å². The quantitative estimate of drug-likeness (QED) is 0.582. The van der Waals surface area contributed by atoms with Crippen molar-refractivity contribution in [3.8, 4) is 0 Å². The van der Waals surface area contributed by atoms with Gasteiger partial charge in [-0.1, -0.05) is 5.57 Å². The molecule has 10 heavy (non-hydrogen) atoms. The molecule has 0 spiro atoms. The van der Waals surface area contributed by atoms with Gasteiger partial charge in [-0.2, -0.15) is 0 Å². The lowest BCUT2D eigenvalue weighted by Gasteiger charge is -2.17. The van der Waals surface area contributed by atoms with Crippen LogP contribution in [0.2, 0.25) is 0 Å². The maximum Gasteiger partial charge on any atom is 0.0555 e. The van der Waals surface area contributed by atoms with Crippen molar-refractivity contribution in [1.29, 1.82) is 5.41 Å². The van der Waals surface area contributed by atoms with Gasteiger partial charge in [0.25, 0.3) is 0 Å². The van der Waals surface area contributed by atoms with Gasteiger partial charge < -0.3 is 10.3 Å². The summed E-state index contributed by atoms with van der Waals surface area (Å²) in [6.07, 6.45) is 0. The molecule has 0 aromatic heterocycles. The highest BCUT2D eigenvalue weighted by Gasteiger charge is 2.02. The third kappa shape index (κ3) is 2.21. The summed E-state index contributed by atoms with van der Waals surface area (Å²) in [5.74, 6) is 0. The fraction of sp³-hybridized carbons (Fsp3) is 0.625. The molecular weight excluding hydrogens is 124 g/mol. The van der Waals surface area contributed by atoms with E-state index < -0.39 is 0 Å². The van der Waals surface area contributed by atoms with Crippen LogP contribution >= 0.6 is 0 Å². The van der Waals surface area contributed by atoms with Gasteiger partial charge in [-0.05, 0) is 20.8 Å². The third-order valence-electron chi connectivity index (χ3n) is 1.28. The average Bonchev–Trinajstić information content (AvgIpc) is 1.59. The standard InChI is InChI=1S/C8H16N2/c1-6(2)8(7(3)9)10(4)5/h9H,1-5H3. The van der Waals surface area contributed by atoms with Crippen LogP contribution < -0.4 is 0 Å². The minimum Gasteiger partial charge on any atom is -0.376 e. The van der Waals surface area contributed by atoms with Crippen LogP contribution in [-0.4, -0.2) is 24.7 Å². The minimum absolute atomic E-state index is 0.630. The molecule has 0 fully saturated rings. The van der Waals surface area contributed by atoms with Gasteiger partial charge in [0, 0.05) is 14.1 Å². The average molecular weight is 140 g/mol. The van der Waals surface area contributed by atoms with Crippen LogP contribution in [0.25, 0.3) is 0 Å². The summed E-state index contributed by atoms with van der Waals surface area (Å²) in [4.78, 5) is 1.97. The van der Waals surface area contributed by atoms with Crippen molar-refractivity contribution in [2.75, 3.05) is 14.1 Å². The highest BCUT2D eigenvalue weighted by molar-refractivity contribution is 5.95. The Morgan fingerprint density at radius 1 is 1.10 bits per heavy atom. The van der Waals surface area contributed by atoms with Crippen LogP contribution in [0.15, 0.2) is 11.3 Å². The predicted octanol–water partition coefficient (Wildman–Crippen LogP) is 1.88. The van der Waals surface area contributed by atoms with Crippen LogP contribution in [0.3, 0.4) is 0 Å². The zero-order valence-corrected chi connectivity index (χ0v) is 7.45. The summed E-state index contributed by atoms with van der Waals surface area (Å²) < 4.78 is 0. The Balaban J connectivity index is 4.61. The summed E-state index contributed by atoms with van der Waals surface area (Å²) in [5.41, 5.74) is 2.85. The first-order valence-corrected chi connectivity index (χ1v) is 3.37. The van der Waals surface area contributed by atoms with Crippen molar-refractivity contribution in [1.82, 2.24) is 4.90 Å². The summed E-state index contributed by atoms with van der Waals surface area (Å²) in [6, 6.07) is 0.